The summed E-state index contributed by atoms with van der Waals surface area (Å²) in [5, 5.41) is 8.57. The number of hydrogen-bond acceptors (Lipinski definition) is 3. The van der Waals surface area contributed by atoms with E-state index in [0.717, 1.165) is 6.07 Å². The van der Waals surface area contributed by atoms with Crippen molar-refractivity contribution in [2.24, 2.45) is 0 Å². The lowest BCUT2D eigenvalue weighted by Crippen LogP contribution is -2.10. The van der Waals surface area contributed by atoms with Gasteiger partial charge in [0.1, 0.15) is 23.4 Å². The molecule has 0 heterocycles. The number of alkyl halides is 2. The largest absolute Gasteiger partial charge is 0.477 e. The Morgan fingerprint density at radius 2 is 2.06 bits per heavy atom. The smallest absolute Gasteiger partial charge is 0.387 e. The Hall–Kier alpha value is -2.05. The fraction of sp³-hybridized carbons (Fsp3) is 0.111. The second kappa shape index (κ2) is 4.65. The molecule has 0 aliphatic heterocycles. The molecular formula is C9H5F3O4. The van der Waals surface area contributed by atoms with Gasteiger partial charge in [0.25, 0.3) is 0 Å². The number of carboxylic acid groups (broad SMARTS) is 1. The van der Waals surface area contributed by atoms with Gasteiger partial charge in [-0.2, -0.15) is 8.78 Å². The van der Waals surface area contributed by atoms with Gasteiger partial charge in [-0.1, -0.05) is 0 Å². The summed E-state index contributed by atoms with van der Waals surface area (Å²) in [6.07, 6.45) is 0.188. The molecule has 0 amide bonds. The first kappa shape index (κ1) is 12.0. The summed E-state index contributed by atoms with van der Waals surface area (Å²) in [4.78, 5) is 20.9. The molecule has 7 heteroatoms. The Labute approximate surface area is 87.3 Å². The maximum absolute atomic E-state index is 13.1. The van der Waals surface area contributed by atoms with Gasteiger partial charge < -0.3 is 9.84 Å². The number of rotatable bonds is 4. The fourth-order valence-electron chi connectivity index (χ4n) is 1.07. The van der Waals surface area contributed by atoms with Crippen LogP contribution in [-0.4, -0.2) is 24.0 Å². The zero-order valence-corrected chi connectivity index (χ0v) is 7.62. The standard InChI is InChI=1S/C9H5F3O4/c10-5-1-4(3-13)2-6(16-9(11)12)7(5)8(14)15/h1-3,9H,(H,14,15). The number of carboxylic acids is 1. The first-order valence-corrected chi connectivity index (χ1v) is 3.92. The lowest BCUT2D eigenvalue weighted by Gasteiger charge is -2.09. The zero-order valence-electron chi connectivity index (χ0n) is 7.62. The lowest BCUT2D eigenvalue weighted by molar-refractivity contribution is -0.0505. The summed E-state index contributed by atoms with van der Waals surface area (Å²) >= 11 is 0. The average Bonchev–Trinajstić information content (AvgIpc) is 2.14. The second-order valence-corrected chi connectivity index (χ2v) is 2.68. The molecule has 0 bridgehead atoms. The molecule has 16 heavy (non-hydrogen) atoms. The van der Waals surface area contributed by atoms with Crippen molar-refractivity contribution < 1.29 is 32.6 Å². The molecule has 0 saturated carbocycles. The summed E-state index contributed by atoms with van der Waals surface area (Å²) < 4.78 is 40.8. The van der Waals surface area contributed by atoms with Gasteiger partial charge in [0.2, 0.25) is 0 Å². The Balaban J connectivity index is 3.34. The molecule has 0 aliphatic rings. The maximum atomic E-state index is 13.1. The highest BCUT2D eigenvalue weighted by Crippen LogP contribution is 2.25. The topological polar surface area (TPSA) is 63.6 Å². The van der Waals surface area contributed by atoms with Crippen molar-refractivity contribution in [2.45, 2.75) is 6.61 Å². The van der Waals surface area contributed by atoms with Gasteiger partial charge in [-0.3, -0.25) is 4.79 Å². The van der Waals surface area contributed by atoms with Crippen LogP contribution in [0.15, 0.2) is 12.1 Å². The van der Waals surface area contributed by atoms with E-state index in [-0.39, 0.29) is 11.8 Å². The highest BCUT2D eigenvalue weighted by Gasteiger charge is 2.21. The molecule has 1 rings (SSSR count). The summed E-state index contributed by atoms with van der Waals surface area (Å²) in [6.45, 7) is -3.31. The molecule has 86 valence electrons. The fourth-order valence-corrected chi connectivity index (χ4v) is 1.07. The van der Waals surface area contributed by atoms with Crippen LogP contribution in [0.1, 0.15) is 20.7 Å². The number of hydrogen-bond donors (Lipinski definition) is 1. The minimum Gasteiger partial charge on any atom is -0.477 e. The van der Waals surface area contributed by atoms with Gasteiger partial charge in [0.05, 0.1) is 0 Å². The van der Waals surface area contributed by atoms with E-state index in [1.807, 2.05) is 0 Å². The minimum atomic E-state index is -3.31. The highest BCUT2D eigenvalue weighted by atomic mass is 19.3. The van der Waals surface area contributed by atoms with Crippen molar-refractivity contribution in [3.63, 3.8) is 0 Å². The van der Waals surface area contributed by atoms with Crippen LogP contribution < -0.4 is 4.74 Å². The molecule has 0 atom stereocenters. The number of halogens is 3. The van der Waals surface area contributed by atoms with Crippen LogP contribution >= 0.6 is 0 Å². The summed E-state index contributed by atoms with van der Waals surface area (Å²) in [5.74, 6) is -3.96. The van der Waals surface area contributed by atoms with Gasteiger partial charge >= 0.3 is 12.6 Å². The molecule has 0 saturated heterocycles. The first-order chi connectivity index (χ1) is 7.45. The maximum Gasteiger partial charge on any atom is 0.387 e. The van der Waals surface area contributed by atoms with Crippen LogP contribution in [0.25, 0.3) is 0 Å². The number of aldehydes is 1. The molecular weight excluding hydrogens is 229 g/mol. The number of ether oxygens (including phenoxy) is 1. The number of carbonyl (C=O) groups excluding carboxylic acids is 1. The summed E-state index contributed by atoms with van der Waals surface area (Å²) in [7, 11) is 0. The van der Waals surface area contributed by atoms with Gasteiger partial charge in [-0.05, 0) is 12.1 Å². The molecule has 0 aliphatic carbocycles. The molecule has 0 radical (unpaired) electrons. The predicted octanol–water partition coefficient (Wildman–Crippen LogP) is 1.94. The van der Waals surface area contributed by atoms with Crippen LogP contribution in [0.2, 0.25) is 0 Å². The third-order valence-corrected chi connectivity index (χ3v) is 1.64. The molecule has 1 aromatic carbocycles. The van der Waals surface area contributed by atoms with E-state index in [4.69, 9.17) is 5.11 Å². The van der Waals surface area contributed by atoms with Crippen molar-refractivity contribution in [2.75, 3.05) is 0 Å². The Morgan fingerprint density at radius 1 is 1.44 bits per heavy atom. The van der Waals surface area contributed by atoms with Crippen LogP contribution in [0.5, 0.6) is 5.75 Å². The SMILES string of the molecule is O=Cc1cc(F)c(C(=O)O)c(OC(F)F)c1. The quantitative estimate of drug-likeness (QED) is 0.808. The molecule has 4 nitrogen and oxygen atoms in total. The summed E-state index contributed by atoms with van der Waals surface area (Å²) in [6, 6.07) is 1.35. The first-order valence-electron chi connectivity index (χ1n) is 3.92. The summed E-state index contributed by atoms with van der Waals surface area (Å²) in [5.41, 5.74) is -1.33. The predicted molar refractivity (Wildman–Crippen MR) is 45.4 cm³/mol. The van der Waals surface area contributed by atoms with Gasteiger partial charge in [0.15, 0.2) is 0 Å². The van der Waals surface area contributed by atoms with Crippen molar-refractivity contribution in [3.05, 3.63) is 29.1 Å². The van der Waals surface area contributed by atoms with Crippen molar-refractivity contribution >= 4 is 12.3 Å². The monoisotopic (exact) mass is 234 g/mol. The van der Waals surface area contributed by atoms with Crippen LogP contribution in [-0.2, 0) is 0 Å². The Morgan fingerprint density at radius 3 is 2.50 bits per heavy atom. The van der Waals surface area contributed by atoms with Crippen LogP contribution in [0.3, 0.4) is 0 Å². The third kappa shape index (κ3) is 2.50. The molecule has 0 spiro atoms. The van der Waals surface area contributed by atoms with Gasteiger partial charge in [0, 0.05) is 5.56 Å². The molecule has 1 aromatic rings. The Kier molecular flexibility index (Phi) is 3.49. The molecule has 0 unspecified atom stereocenters. The van der Waals surface area contributed by atoms with E-state index in [0.29, 0.717) is 6.07 Å². The van der Waals surface area contributed by atoms with E-state index in [1.54, 1.807) is 0 Å². The van der Waals surface area contributed by atoms with E-state index < -0.39 is 29.7 Å². The van der Waals surface area contributed by atoms with E-state index in [9.17, 15) is 22.8 Å². The van der Waals surface area contributed by atoms with E-state index in [1.165, 1.54) is 0 Å². The normalized spacial score (nSPS) is 10.2. The van der Waals surface area contributed by atoms with Crippen molar-refractivity contribution in [1.29, 1.82) is 0 Å². The van der Waals surface area contributed by atoms with Gasteiger partial charge in [-0.25, -0.2) is 9.18 Å². The zero-order chi connectivity index (χ0) is 12.3. The lowest BCUT2D eigenvalue weighted by atomic mass is 10.1. The minimum absolute atomic E-state index is 0.188. The highest BCUT2D eigenvalue weighted by molar-refractivity contribution is 5.92. The number of aromatic carboxylic acids is 1. The number of carbonyl (C=O) groups is 2. The van der Waals surface area contributed by atoms with Crippen molar-refractivity contribution in [1.82, 2.24) is 0 Å². The second-order valence-electron chi connectivity index (χ2n) is 2.68. The average molecular weight is 234 g/mol. The molecule has 1 N–H and O–H groups in total. The number of benzene rings is 1. The van der Waals surface area contributed by atoms with Crippen LogP contribution in [0, 0.1) is 5.82 Å². The van der Waals surface area contributed by atoms with Crippen LogP contribution in [0.4, 0.5) is 13.2 Å². The van der Waals surface area contributed by atoms with Crippen molar-refractivity contribution in [3.8, 4) is 5.75 Å². The van der Waals surface area contributed by atoms with E-state index in [2.05, 4.69) is 4.74 Å². The van der Waals surface area contributed by atoms with Gasteiger partial charge in [-0.15, -0.1) is 0 Å². The molecule has 0 fully saturated rings. The molecule has 0 aromatic heterocycles. The van der Waals surface area contributed by atoms with E-state index >= 15 is 0 Å². The Bertz CT molecular complexity index is 431. The third-order valence-electron chi connectivity index (χ3n) is 1.64.